The van der Waals surface area contributed by atoms with Crippen LogP contribution in [0.25, 0.3) is 56.0 Å². The van der Waals surface area contributed by atoms with E-state index in [0.29, 0.717) is 0 Å². The van der Waals surface area contributed by atoms with Crippen molar-refractivity contribution in [3.63, 3.8) is 0 Å². The molecule has 0 bridgehead atoms. The summed E-state index contributed by atoms with van der Waals surface area (Å²) >= 11 is 0. The van der Waals surface area contributed by atoms with Crippen molar-refractivity contribution < 1.29 is 0 Å². The Morgan fingerprint density at radius 1 is 0.250 bits per heavy atom. The predicted octanol–water partition coefficient (Wildman–Crippen LogP) is 8.13. The first-order valence-electron chi connectivity index (χ1n) is 14.1. The second kappa shape index (κ2) is 14.1. The summed E-state index contributed by atoms with van der Waals surface area (Å²) < 4.78 is 0. The van der Waals surface area contributed by atoms with Crippen molar-refractivity contribution in [3.05, 3.63) is 165 Å². The fourth-order valence-corrected chi connectivity index (χ4v) is 4.46. The van der Waals surface area contributed by atoms with E-state index in [1.807, 2.05) is 103 Å². The maximum absolute atomic E-state index is 4.59. The Balaban J connectivity index is 0.000000120. The van der Waals surface area contributed by atoms with Gasteiger partial charge in [0.05, 0.1) is 45.2 Å². The lowest BCUT2D eigenvalue weighted by Gasteiger charge is -2.03. The van der Waals surface area contributed by atoms with E-state index in [2.05, 4.69) is 59.2 Å². The molecular formula is C37H27N7. The summed E-state index contributed by atoms with van der Waals surface area (Å²) in [5.74, 6) is 0. The number of benzene rings is 1. The fourth-order valence-electron chi connectivity index (χ4n) is 4.46. The van der Waals surface area contributed by atoms with Gasteiger partial charge in [0.1, 0.15) is 0 Å². The third-order valence-corrected chi connectivity index (χ3v) is 6.54. The van der Waals surface area contributed by atoms with Crippen molar-refractivity contribution in [1.82, 2.24) is 34.9 Å². The van der Waals surface area contributed by atoms with E-state index < -0.39 is 0 Å². The summed E-state index contributed by atoms with van der Waals surface area (Å²) in [7, 11) is 0. The molecule has 0 aliphatic carbocycles. The Kier molecular flexibility index (Phi) is 8.96. The van der Waals surface area contributed by atoms with Crippen molar-refractivity contribution >= 4 is 21.8 Å². The monoisotopic (exact) mass is 569 g/mol. The lowest BCUT2D eigenvalue weighted by Crippen LogP contribution is -1.90. The lowest BCUT2D eigenvalue weighted by atomic mass is 10.1. The first kappa shape index (κ1) is 27.9. The molecule has 7 heteroatoms. The van der Waals surface area contributed by atoms with Crippen LogP contribution >= 0.6 is 0 Å². The van der Waals surface area contributed by atoms with Crippen LogP contribution < -0.4 is 0 Å². The van der Waals surface area contributed by atoms with Crippen LogP contribution in [0.4, 0.5) is 0 Å². The molecule has 0 spiro atoms. The molecule has 1 aromatic carbocycles. The second-order valence-corrected chi connectivity index (χ2v) is 9.48. The lowest BCUT2D eigenvalue weighted by molar-refractivity contribution is 1.22. The molecule has 0 saturated heterocycles. The number of hydrogen-bond donors (Lipinski definition) is 0. The van der Waals surface area contributed by atoms with Crippen molar-refractivity contribution in [2.75, 3.05) is 0 Å². The van der Waals surface area contributed by atoms with Crippen molar-refractivity contribution in [2.45, 2.75) is 0 Å². The number of rotatable bonds is 3. The van der Waals surface area contributed by atoms with Gasteiger partial charge >= 0.3 is 0 Å². The Morgan fingerprint density at radius 3 is 0.955 bits per heavy atom. The third kappa shape index (κ3) is 6.98. The number of aromatic nitrogens is 7. The van der Waals surface area contributed by atoms with Gasteiger partial charge < -0.3 is 0 Å². The summed E-state index contributed by atoms with van der Waals surface area (Å²) in [4.78, 5) is 30.3. The van der Waals surface area contributed by atoms with E-state index >= 15 is 0 Å². The Bertz CT molecular complexity index is 1910. The van der Waals surface area contributed by atoms with Gasteiger partial charge in [0.15, 0.2) is 0 Å². The highest BCUT2D eigenvalue weighted by molar-refractivity contribution is 6.02. The highest BCUT2D eigenvalue weighted by Crippen LogP contribution is 2.21. The zero-order valence-corrected chi connectivity index (χ0v) is 23.7. The van der Waals surface area contributed by atoms with Gasteiger partial charge in [-0.25, -0.2) is 4.98 Å². The van der Waals surface area contributed by atoms with Crippen molar-refractivity contribution in [3.8, 4) is 34.2 Å². The maximum Gasteiger partial charge on any atom is 0.0964 e. The highest BCUT2D eigenvalue weighted by atomic mass is 14.8. The average molecular weight is 570 g/mol. The Hall–Kier alpha value is -6.21. The fraction of sp³-hybridized carbons (Fsp3) is 0. The topological polar surface area (TPSA) is 90.2 Å². The van der Waals surface area contributed by atoms with E-state index in [9.17, 15) is 0 Å². The number of pyridine rings is 7. The van der Waals surface area contributed by atoms with Gasteiger partial charge in [-0.2, -0.15) is 0 Å². The molecular weight excluding hydrogens is 542 g/mol. The van der Waals surface area contributed by atoms with Gasteiger partial charge in [-0.3, -0.25) is 29.9 Å². The average Bonchev–Trinajstić information content (AvgIpc) is 3.14. The molecule has 0 saturated carbocycles. The predicted molar refractivity (Wildman–Crippen MR) is 175 cm³/mol. The van der Waals surface area contributed by atoms with Gasteiger partial charge in [-0.1, -0.05) is 54.6 Å². The highest BCUT2D eigenvalue weighted by Gasteiger charge is 2.04. The van der Waals surface area contributed by atoms with Gasteiger partial charge in [-0.05, 0) is 72.8 Å². The first-order chi connectivity index (χ1) is 21.8. The smallest absolute Gasteiger partial charge is 0.0964 e. The quantitative estimate of drug-likeness (QED) is 0.198. The van der Waals surface area contributed by atoms with E-state index in [-0.39, 0.29) is 0 Å². The van der Waals surface area contributed by atoms with Crippen LogP contribution in [0.3, 0.4) is 0 Å². The summed E-state index contributed by atoms with van der Waals surface area (Å²) in [6.45, 7) is 0. The summed E-state index contributed by atoms with van der Waals surface area (Å²) in [5, 5.41) is 2.28. The van der Waals surface area contributed by atoms with E-state index in [4.69, 9.17) is 0 Å². The number of nitrogens with zero attached hydrogens (tertiary/aromatic N) is 7. The summed E-state index contributed by atoms with van der Waals surface area (Å²) in [5.41, 5.74) is 7.25. The van der Waals surface area contributed by atoms with Crippen LogP contribution in [-0.4, -0.2) is 34.9 Å². The molecule has 0 radical (unpaired) electrons. The molecule has 0 fully saturated rings. The van der Waals surface area contributed by atoms with E-state index in [1.165, 1.54) is 0 Å². The molecule has 0 atom stereocenters. The molecule has 0 amide bonds. The van der Waals surface area contributed by atoms with Crippen LogP contribution in [-0.2, 0) is 0 Å². The molecule has 7 nitrogen and oxygen atoms in total. The van der Waals surface area contributed by atoms with Crippen LogP contribution in [0.1, 0.15) is 0 Å². The molecule has 0 unspecified atom stereocenters. The van der Waals surface area contributed by atoms with Crippen LogP contribution in [0, 0.1) is 0 Å². The number of hydrogen-bond acceptors (Lipinski definition) is 7. The van der Waals surface area contributed by atoms with Gasteiger partial charge in [0, 0.05) is 48.0 Å². The molecule has 8 rings (SSSR count). The van der Waals surface area contributed by atoms with E-state index in [1.54, 1.807) is 37.2 Å². The van der Waals surface area contributed by atoms with Crippen molar-refractivity contribution in [1.29, 1.82) is 0 Å². The normalized spacial score (nSPS) is 10.3. The largest absolute Gasteiger partial charge is 0.255 e. The van der Waals surface area contributed by atoms with Crippen LogP contribution in [0.5, 0.6) is 0 Å². The van der Waals surface area contributed by atoms with E-state index in [0.717, 1.165) is 56.0 Å². The zero-order chi connectivity index (χ0) is 29.8. The molecule has 7 heterocycles. The minimum atomic E-state index is 0.860. The molecule has 8 aromatic rings. The molecule has 7 aromatic heterocycles. The standard InChI is InChI=1S/C15H11N3.C12H8N2.C10H8N2/c1-3-10-16-12(6-1)14-8-5-9-15(18-14)13-7-2-4-11-17-13;1-3-9-5-6-10-4-2-8-14-12(10)11(9)13-7-1;1-3-7-11-9(5-1)10-6-2-4-8-12-10/h1-11H;1-8H;1-8H. The van der Waals surface area contributed by atoms with Crippen LogP contribution in [0.15, 0.2) is 165 Å². The Morgan fingerprint density at radius 2 is 0.591 bits per heavy atom. The minimum absolute atomic E-state index is 0.860. The molecule has 0 aliphatic heterocycles. The van der Waals surface area contributed by atoms with Crippen LogP contribution in [0.2, 0.25) is 0 Å². The minimum Gasteiger partial charge on any atom is -0.255 e. The number of fused-ring (bicyclic) bond motifs is 3. The van der Waals surface area contributed by atoms with Gasteiger partial charge in [0.25, 0.3) is 0 Å². The molecule has 0 aliphatic rings. The third-order valence-electron chi connectivity index (χ3n) is 6.54. The van der Waals surface area contributed by atoms with Gasteiger partial charge in [0.2, 0.25) is 0 Å². The Labute approximate surface area is 255 Å². The summed E-state index contributed by atoms with van der Waals surface area (Å²) in [6.07, 6.45) is 10.7. The molecule has 44 heavy (non-hydrogen) atoms. The van der Waals surface area contributed by atoms with Gasteiger partial charge in [-0.15, -0.1) is 0 Å². The van der Waals surface area contributed by atoms with Crippen molar-refractivity contribution in [2.24, 2.45) is 0 Å². The summed E-state index contributed by atoms with van der Waals surface area (Å²) in [6, 6.07) is 41.2. The molecule has 210 valence electrons. The SMILES string of the molecule is c1ccc(-c2cccc(-c3ccccn3)n2)nc1.c1ccc(-c2ccccn2)nc1.c1cnc2c(c1)ccc1cccnc12. The first-order valence-corrected chi connectivity index (χ1v) is 14.1. The molecule has 0 N–H and O–H groups in total. The second-order valence-electron chi connectivity index (χ2n) is 9.48. The maximum atomic E-state index is 4.59. The zero-order valence-electron chi connectivity index (χ0n) is 23.7.